The number of benzene rings is 1. The summed E-state index contributed by atoms with van der Waals surface area (Å²) in [4.78, 5) is 0. The van der Waals surface area contributed by atoms with Gasteiger partial charge in [-0.3, -0.25) is 0 Å². The van der Waals surface area contributed by atoms with Crippen molar-refractivity contribution in [2.75, 3.05) is 5.32 Å². The highest BCUT2D eigenvalue weighted by molar-refractivity contribution is 5.51. The molecule has 84 valence electrons. The van der Waals surface area contributed by atoms with Crippen LogP contribution in [-0.2, 0) is 12.8 Å². The Balaban J connectivity index is 1.74. The Labute approximate surface area is 97.6 Å². The van der Waals surface area contributed by atoms with E-state index in [2.05, 4.69) is 35.7 Å². The van der Waals surface area contributed by atoms with Crippen LogP contribution in [-0.4, -0.2) is 6.04 Å². The van der Waals surface area contributed by atoms with Crippen molar-refractivity contribution >= 4 is 5.69 Å². The van der Waals surface area contributed by atoms with Crippen molar-refractivity contribution in [3.8, 4) is 0 Å². The normalized spacial score (nSPS) is 23.1. The highest BCUT2D eigenvalue weighted by atomic mass is 14.9. The molecule has 0 amide bonds. The third-order valence-electron chi connectivity index (χ3n) is 3.70. The van der Waals surface area contributed by atoms with Crippen molar-refractivity contribution in [1.29, 1.82) is 0 Å². The Morgan fingerprint density at radius 2 is 2.00 bits per heavy atom. The minimum atomic E-state index is 0.549. The van der Waals surface area contributed by atoms with Gasteiger partial charge in [0.2, 0.25) is 0 Å². The minimum Gasteiger partial charge on any atom is -0.379 e. The van der Waals surface area contributed by atoms with Crippen LogP contribution in [0, 0.1) is 0 Å². The summed E-state index contributed by atoms with van der Waals surface area (Å²) >= 11 is 0. The van der Waals surface area contributed by atoms with Gasteiger partial charge < -0.3 is 5.32 Å². The monoisotopic (exact) mass is 213 g/mol. The van der Waals surface area contributed by atoms with Crippen LogP contribution in [0.5, 0.6) is 0 Å². The van der Waals surface area contributed by atoms with E-state index in [1.807, 2.05) is 0 Å². The number of allylic oxidation sites excluding steroid dienone is 1. The van der Waals surface area contributed by atoms with Crippen molar-refractivity contribution in [3.63, 3.8) is 0 Å². The van der Waals surface area contributed by atoms with Gasteiger partial charge in [0.1, 0.15) is 0 Å². The molecule has 3 rings (SSSR count). The van der Waals surface area contributed by atoms with Gasteiger partial charge in [0, 0.05) is 11.7 Å². The zero-order valence-electron chi connectivity index (χ0n) is 9.71. The summed E-state index contributed by atoms with van der Waals surface area (Å²) in [6.45, 7) is 0. The van der Waals surface area contributed by atoms with Crippen molar-refractivity contribution in [2.45, 2.75) is 44.6 Å². The van der Waals surface area contributed by atoms with Crippen molar-refractivity contribution in [2.24, 2.45) is 0 Å². The van der Waals surface area contributed by atoms with E-state index < -0.39 is 0 Å². The van der Waals surface area contributed by atoms with Crippen LogP contribution in [0.4, 0.5) is 5.69 Å². The number of rotatable bonds is 2. The topological polar surface area (TPSA) is 12.0 Å². The van der Waals surface area contributed by atoms with Gasteiger partial charge in [0.05, 0.1) is 0 Å². The molecule has 0 saturated heterocycles. The Bertz CT molecular complexity index is 406. The highest BCUT2D eigenvalue weighted by Crippen LogP contribution is 2.26. The first kappa shape index (κ1) is 9.95. The summed E-state index contributed by atoms with van der Waals surface area (Å²) < 4.78 is 0. The standard InChI is InChI=1S/C15H19N/c1-2-7-14(8-3-1)16-15-10-9-12-5-4-6-13(12)11-15/h2,7,9-11,14,16H,1,3-6,8H2. The first-order valence-corrected chi connectivity index (χ1v) is 6.47. The number of anilines is 1. The summed E-state index contributed by atoms with van der Waals surface area (Å²) in [6.07, 6.45) is 12.3. The van der Waals surface area contributed by atoms with Crippen LogP contribution in [0.3, 0.4) is 0 Å². The van der Waals surface area contributed by atoms with E-state index in [1.165, 1.54) is 44.2 Å². The fourth-order valence-corrected chi connectivity index (χ4v) is 2.81. The van der Waals surface area contributed by atoms with E-state index in [1.54, 1.807) is 11.1 Å². The molecule has 1 aromatic carbocycles. The average Bonchev–Trinajstić information content (AvgIpc) is 2.77. The Morgan fingerprint density at radius 3 is 2.88 bits per heavy atom. The molecule has 0 heterocycles. The van der Waals surface area contributed by atoms with Crippen LogP contribution >= 0.6 is 0 Å². The molecule has 1 atom stereocenters. The second kappa shape index (κ2) is 4.32. The highest BCUT2D eigenvalue weighted by Gasteiger charge is 2.12. The fourth-order valence-electron chi connectivity index (χ4n) is 2.81. The lowest BCUT2D eigenvalue weighted by Crippen LogP contribution is -2.18. The van der Waals surface area contributed by atoms with Gasteiger partial charge in [0.15, 0.2) is 0 Å². The maximum atomic E-state index is 3.62. The molecule has 1 aromatic rings. The molecule has 16 heavy (non-hydrogen) atoms. The number of hydrogen-bond acceptors (Lipinski definition) is 1. The number of fused-ring (bicyclic) bond motifs is 1. The van der Waals surface area contributed by atoms with E-state index in [0.29, 0.717) is 6.04 Å². The minimum absolute atomic E-state index is 0.549. The predicted molar refractivity (Wildman–Crippen MR) is 68.9 cm³/mol. The molecule has 0 aliphatic heterocycles. The molecule has 1 N–H and O–H groups in total. The number of aryl methyl sites for hydroxylation is 2. The molecule has 0 bridgehead atoms. The van der Waals surface area contributed by atoms with E-state index in [4.69, 9.17) is 0 Å². The van der Waals surface area contributed by atoms with Crippen molar-refractivity contribution in [3.05, 3.63) is 41.5 Å². The van der Waals surface area contributed by atoms with Gasteiger partial charge in [0.25, 0.3) is 0 Å². The lowest BCUT2D eigenvalue weighted by atomic mass is 10.0. The smallest absolute Gasteiger partial charge is 0.0444 e. The maximum absolute atomic E-state index is 3.62. The molecule has 2 aliphatic carbocycles. The van der Waals surface area contributed by atoms with Gasteiger partial charge >= 0.3 is 0 Å². The van der Waals surface area contributed by atoms with Crippen LogP contribution in [0.15, 0.2) is 30.4 Å². The van der Waals surface area contributed by atoms with Gasteiger partial charge in [-0.05, 0) is 61.8 Å². The molecule has 0 radical (unpaired) electrons. The molecular weight excluding hydrogens is 194 g/mol. The summed E-state index contributed by atoms with van der Waals surface area (Å²) in [7, 11) is 0. The second-order valence-corrected chi connectivity index (χ2v) is 4.95. The zero-order valence-corrected chi connectivity index (χ0v) is 9.71. The molecule has 1 nitrogen and oxygen atoms in total. The Hall–Kier alpha value is -1.24. The average molecular weight is 213 g/mol. The lowest BCUT2D eigenvalue weighted by Gasteiger charge is -2.19. The fraction of sp³-hybridized carbons (Fsp3) is 0.467. The van der Waals surface area contributed by atoms with Crippen LogP contribution < -0.4 is 5.32 Å². The van der Waals surface area contributed by atoms with E-state index in [0.717, 1.165) is 0 Å². The Kier molecular flexibility index (Phi) is 2.69. The summed E-state index contributed by atoms with van der Waals surface area (Å²) in [5, 5.41) is 3.62. The lowest BCUT2D eigenvalue weighted by molar-refractivity contribution is 0.673. The summed E-state index contributed by atoms with van der Waals surface area (Å²) in [5.74, 6) is 0. The van der Waals surface area contributed by atoms with Gasteiger partial charge in [-0.25, -0.2) is 0 Å². The van der Waals surface area contributed by atoms with Crippen molar-refractivity contribution in [1.82, 2.24) is 0 Å². The van der Waals surface area contributed by atoms with Gasteiger partial charge in [-0.2, -0.15) is 0 Å². The van der Waals surface area contributed by atoms with Gasteiger partial charge in [-0.15, -0.1) is 0 Å². The quantitative estimate of drug-likeness (QED) is 0.739. The second-order valence-electron chi connectivity index (χ2n) is 4.95. The third-order valence-corrected chi connectivity index (χ3v) is 3.70. The number of nitrogens with one attached hydrogen (secondary N) is 1. The maximum Gasteiger partial charge on any atom is 0.0444 e. The number of hydrogen-bond donors (Lipinski definition) is 1. The Morgan fingerprint density at radius 1 is 1.06 bits per heavy atom. The largest absolute Gasteiger partial charge is 0.379 e. The van der Waals surface area contributed by atoms with Crippen LogP contribution in [0.1, 0.15) is 36.8 Å². The molecular formula is C15H19N. The van der Waals surface area contributed by atoms with Gasteiger partial charge in [-0.1, -0.05) is 18.2 Å². The molecule has 0 saturated carbocycles. The van der Waals surface area contributed by atoms with Crippen LogP contribution in [0.2, 0.25) is 0 Å². The molecule has 1 heteroatoms. The van der Waals surface area contributed by atoms with E-state index in [-0.39, 0.29) is 0 Å². The molecule has 0 spiro atoms. The predicted octanol–water partition coefficient (Wildman–Crippen LogP) is 3.70. The first-order chi connectivity index (χ1) is 7.92. The molecule has 0 fully saturated rings. The first-order valence-electron chi connectivity index (χ1n) is 6.47. The summed E-state index contributed by atoms with van der Waals surface area (Å²) in [5.41, 5.74) is 4.42. The van der Waals surface area contributed by atoms with Crippen LogP contribution in [0.25, 0.3) is 0 Å². The zero-order chi connectivity index (χ0) is 10.8. The SMILES string of the molecule is C1=CC(Nc2ccc3c(c2)CCC3)CCC1. The van der Waals surface area contributed by atoms with Crippen molar-refractivity contribution < 1.29 is 0 Å². The summed E-state index contributed by atoms with van der Waals surface area (Å²) in [6, 6.07) is 7.45. The van der Waals surface area contributed by atoms with E-state index >= 15 is 0 Å². The third kappa shape index (κ3) is 1.99. The molecule has 2 aliphatic rings. The molecule has 0 aromatic heterocycles. The van der Waals surface area contributed by atoms with E-state index in [9.17, 15) is 0 Å². The molecule has 1 unspecified atom stereocenters.